The predicted molar refractivity (Wildman–Crippen MR) is 89.2 cm³/mol. The van der Waals surface area contributed by atoms with E-state index in [0.717, 1.165) is 13.1 Å². The van der Waals surface area contributed by atoms with Gasteiger partial charge < -0.3 is 0 Å². The molecule has 0 bridgehead atoms. The molecule has 0 aliphatic rings. The topological polar surface area (TPSA) is 16.1 Å². The largest absolute Gasteiger partial charge is 0.297 e. The predicted octanol–water partition coefficient (Wildman–Crippen LogP) is 4.44. The molecule has 0 atom stereocenters. The Kier molecular flexibility index (Phi) is 4.43. The number of benzene rings is 1. The maximum Gasteiger partial charge on any atom is 0.0328 e. The van der Waals surface area contributed by atoms with Crippen LogP contribution in [0.25, 0.3) is 11.1 Å². The molecule has 3 heteroatoms. The fraction of sp³-hybridized carbons (Fsp3) is 0.167. The summed E-state index contributed by atoms with van der Waals surface area (Å²) < 4.78 is 0. The van der Waals surface area contributed by atoms with E-state index >= 15 is 0 Å². The molecule has 106 valence electrons. The Morgan fingerprint density at radius 2 is 1.86 bits per heavy atom. The fourth-order valence-electron chi connectivity index (χ4n) is 2.37. The van der Waals surface area contributed by atoms with Crippen molar-refractivity contribution >= 4 is 11.3 Å². The molecule has 21 heavy (non-hydrogen) atoms. The molecule has 0 amide bonds. The number of rotatable bonds is 5. The standard InChI is InChI=1S/C18H18N2S/c1-20(12-15-6-5-9-19-11-15)13-18-10-17(14-21-18)16-7-3-2-4-8-16/h2-11,14H,12-13H2,1H3. The van der Waals surface area contributed by atoms with E-state index in [1.807, 2.05) is 29.8 Å². The highest BCUT2D eigenvalue weighted by atomic mass is 32.1. The molecule has 2 aromatic heterocycles. The van der Waals surface area contributed by atoms with E-state index in [-0.39, 0.29) is 0 Å². The molecule has 0 saturated heterocycles. The van der Waals surface area contributed by atoms with Crippen LogP contribution in [0.1, 0.15) is 10.4 Å². The molecular formula is C18H18N2S. The van der Waals surface area contributed by atoms with Gasteiger partial charge in [-0.25, -0.2) is 0 Å². The second-order valence-corrected chi connectivity index (χ2v) is 6.20. The lowest BCUT2D eigenvalue weighted by Gasteiger charge is -2.15. The summed E-state index contributed by atoms with van der Waals surface area (Å²) in [4.78, 5) is 7.87. The summed E-state index contributed by atoms with van der Waals surface area (Å²) in [6, 6.07) is 16.9. The van der Waals surface area contributed by atoms with Crippen LogP contribution in [0.3, 0.4) is 0 Å². The molecule has 0 N–H and O–H groups in total. The molecule has 0 saturated carbocycles. The van der Waals surface area contributed by atoms with Gasteiger partial charge >= 0.3 is 0 Å². The van der Waals surface area contributed by atoms with Crippen molar-refractivity contribution < 1.29 is 0 Å². The van der Waals surface area contributed by atoms with Crippen LogP contribution in [-0.2, 0) is 13.1 Å². The second-order valence-electron chi connectivity index (χ2n) is 5.20. The fourth-order valence-corrected chi connectivity index (χ4v) is 3.34. The average molecular weight is 294 g/mol. The third kappa shape index (κ3) is 3.78. The van der Waals surface area contributed by atoms with Crippen molar-refractivity contribution in [2.75, 3.05) is 7.05 Å². The summed E-state index contributed by atoms with van der Waals surface area (Å²) in [5.41, 5.74) is 3.85. The Morgan fingerprint density at radius 3 is 2.62 bits per heavy atom. The van der Waals surface area contributed by atoms with E-state index in [1.165, 1.54) is 21.6 Å². The van der Waals surface area contributed by atoms with E-state index in [4.69, 9.17) is 0 Å². The summed E-state index contributed by atoms with van der Waals surface area (Å²) >= 11 is 1.83. The molecule has 0 aliphatic heterocycles. The summed E-state index contributed by atoms with van der Waals surface area (Å²) in [6.45, 7) is 1.89. The van der Waals surface area contributed by atoms with Crippen LogP contribution in [0.4, 0.5) is 0 Å². The highest BCUT2D eigenvalue weighted by Crippen LogP contribution is 2.26. The molecule has 3 rings (SSSR count). The smallest absolute Gasteiger partial charge is 0.0328 e. The molecule has 2 heterocycles. The SMILES string of the molecule is CN(Cc1cccnc1)Cc1cc(-c2ccccc2)cs1. The van der Waals surface area contributed by atoms with E-state index in [0.29, 0.717) is 0 Å². The van der Waals surface area contributed by atoms with Gasteiger partial charge in [-0.05, 0) is 41.3 Å². The monoisotopic (exact) mass is 294 g/mol. The molecule has 0 fully saturated rings. The zero-order valence-electron chi connectivity index (χ0n) is 12.1. The molecule has 1 aromatic carbocycles. The maximum atomic E-state index is 4.16. The first-order valence-corrected chi connectivity index (χ1v) is 7.89. The Morgan fingerprint density at radius 1 is 1.00 bits per heavy atom. The van der Waals surface area contributed by atoms with Gasteiger partial charge in [0.2, 0.25) is 0 Å². The van der Waals surface area contributed by atoms with Crippen LogP contribution in [0, 0.1) is 0 Å². The lowest BCUT2D eigenvalue weighted by Crippen LogP contribution is -2.16. The number of pyridine rings is 1. The van der Waals surface area contributed by atoms with E-state index in [9.17, 15) is 0 Å². The molecule has 3 aromatic rings. The first-order valence-electron chi connectivity index (χ1n) is 7.01. The third-order valence-electron chi connectivity index (χ3n) is 3.36. The van der Waals surface area contributed by atoms with Gasteiger partial charge in [-0.15, -0.1) is 11.3 Å². The lowest BCUT2D eigenvalue weighted by atomic mass is 10.1. The van der Waals surface area contributed by atoms with E-state index in [1.54, 1.807) is 0 Å². The molecule has 0 aliphatic carbocycles. The number of hydrogen-bond acceptors (Lipinski definition) is 3. The van der Waals surface area contributed by atoms with Crippen molar-refractivity contribution in [2.24, 2.45) is 0 Å². The Labute approximate surface area is 129 Å². The highest BCUT2D eigenvalue weighted by molar-refractivity contribution is 7.10. The van der Waals surface area contributed by atoms with Crippen molar-refractivity contribution in [3.8, 4) is 11.1 Å². The van der Waals surface area contributed by atoms with Crippen LogP contribution in [0.2, 0.25) is 0 Å². The van der Waals surface area contributed by atoms with Crippen molar-refractivity contribution in [2.45, 2.75) is 13.1 Å². The minimum absolute atomic E-state index is 0.923. The van der Waals surface area contributed by atoms with E-state index < -0.39 is 0 Å². The molecule has 0 radical (unpaired) electrons. The van der Waals surface area contributed by atoms with Gasteiger partial charge in [0.1, 0.15) is 0 Å². The van der Waals surface area contributed by atoms with Crippen LogP contribution >= 0.6 is 11.3 Å². The Hall–Kier alpha value is -1.97. The van der Waals surface area contributed by atoms with Gasteiger partial charge in [0, 0.05) is 30.4 Å². The van der Waals surface area contributed by atoms with E-state index in [2.05, 4.69) is 64.8 Å². The van der Waals surface area contributed by atoms with Crippen LogP contribution in [0.5, 0.6) is 0 Å². The summed E-state index contributed by atoms with van der Waals surface area (Å²) in [7, 11) is 2.15. The minimum atomic E-state index is 0.923. The molecule has 2 nitrogen and oxygen atoms in total. The zero-order valence-corrected chi connectivity index (χ0v) is 12.9. The first-order chi connectivity index (χ1) is 10.3. The normalized spacial score (nSPS) is 11.0. The zero-order chi connectivity index (χ0) is 14.5. The molecule has 0 unspecified atom stereocenters. The lowest BCUT2D eigenvalue weighted by molar-refractivity contribution is 0.321. The Balaban J connectivity index is 1.65. The van der Waals surface area contributed by atoms with Crippen molar-refractivity contribution in [1.29, 1.82) is 0 Å². The summed E-state index contributed by atoms with van der Waals surface area (Å²) in [5.74, 6) is 0. The van der Waals surface area contributed by atoms with Gasteiger partial charge in [0.15, 0.2) is 0 Å². The first kappa shape index (κ1) is 14.0. The third-order valence-corrected chi connectivity index (χ3v) is 4.28. The van der Waals surface area contributed by atoms with Crippen molar-refractivity contribution in [3.63, 3.8) is 0 Å². The highest BCUT2D eigenvalue weighted by Gasteiger charge is 2.06. The number of nitrogens with zero attached hydrogens (tertiary/aromatic N) is 2. The average Bonchev–Trinajstić information content (AvgIpc) is 2.97. The summed E-state index contributed by atoms with van der Waals surface area (Å²) in [5, 5.41) is 2.24. The maximum absolute atomic E-state index is 4.16. The second kappa shape index (κ2) is 6.66. The number of aromatic nitrogens is 1. The van der Waals surface area contributed by atoms with Crippen LogP contribution < -0.4 is 0 Å². The van der Waals surface area contributed by atoms with Gasteiger partial charge in [-0.2, -0.15) is 0 Å². The van der Waals surface area contributed by atoms with Crippen LogP contribution in [0.15, 0.2) is 66.3 Å². The number of hydrogen-bond donors (Lipinski definition) is 0. The molecule has 0 spiro atoms. The van der Waals surface area contributed by atoms with Crippen molar-refractivity contribution in [1.82, 2.24) is 9.88 Å². The van der Waals surface area contributed by atoms with Crippen LogP contribution in [-0.4, -0.2) is 16.9 Å². The van der Waals surface area contributed by atoms with Gasteiger partial charge in [-0.3, -0.25) is 9.88 Å². The molecular weight excluding hydrogens is 276 g/mol. The van der Waals surface area contributed by atoms with Gasteiger partial charge in [0.25, 0.3) is 0 Å². The number of thiophene rings is 1. The quantitative estimate of drug-likeness (QED) is 0.691. The summed E-state index contributed by atoms with van der Waals surface area (Å²) in [6.07, 6.45) is 3.75. The van der Waals surface area contributed by atoms with Crippen molar-refractivity contribution in [3.05, 3.63) is 76.7 Å². The van der Waals surface area contributed by atoms with Gasteiger partial charge in [-0.1, -0.05) is 36.4 Å². The minimum Gasteiger partial charge on any atom is -0.297 e. The van der Waals surface area contributed by atoms with Gasteiger partial charge in [0.05, 0.1) is 0 Å². The Bertz CT molecular complexity index is 677.